The Kier molecular flexibility index (Phi) is 5.99. The van der Waals surface area contributed by atoms with Gasteiger partial charge in [-0.15, -0.1) is 0 Å². The van der Waals surface area contributed by atoms with Crippen molar-refractivity contribution in [2.75, 3.05) is 30.7 Å². The number of carbonyl (C=O) groups is 2. The topological polar surface area (TPSA) is 110 Å². The first-order valence-corrected chi connectivity index (χ1v) is 14.2. The van der Waals surface area contributed by atoms with Gasteiger partial charge in [-0.05, 0) is 57.4 Å². The minimum absolute atomic E-state index is 0.0377. The standard InChI is InChI=1S/C24H35N5O3S/c1-23(2)19-17(14-29(23)22(32)25-18(15-30)16-10-7-6-8-11-16)20(28-27-19)26-21(31)24(12-9-13-24)33(3,4)5/h6-8,10-11,18,30H,9,12-15H2,1-5H3,(H,25,32)(H2,26,27,28,31)/t18-/m1/s1. The fourth-order valence-corrected chi connectivity index (χ4v) is 7.05. The lowest BCUT2D eigenvalue weighted by atomic mass is 9.83. The number of urea groups is 1. The maximum Gasteiger partial charge on any atom is 0.319 e. The van der Waals surface area contributed by atoms with E-state index in [0.29, 0.717) is 12.4 Å². The van der Waals surface area contributed by atoms with Gasteiger partial charge < -0.3 is 20.6 Å². The first kappa shape index (κ1) is 23.6. The predicted octanol–water partition coefficient (Wildman–Crippen LogP) is 3.46. The molecular weight excluding hydrogens is 438 g/mol. The van der Waals surface area contributed by atoms with Gasteiger partial charge in [-0.2, -0.15) is 5.10 Å². The van der Waals surface area contributed by atoms with Crippen molar-refractivity contribution in [1.29, 1.82) is 0 Å². The number of amides is 3. The van der Waals surface area contributed by atoms with Gasteiger partial charge in [0, 0.05) is 5.56 Å². The van der Waals surface area contributed by atoms with Crippen LogP contribution < -0.4 is 10.6 Å². The lowest BCUT2D eigenvalue weighted by molar-refractivity contribution is -0.120. The minimum atomic E-state index is -1.08. The number of benzene rings is 1. The number of aliphatic hydroxyl groups is 1. The Morgan fingerprint density at radius 1 is 1.21 bits per heavy atom. The summed E-state index contributed by atoms with van der Waals surface area (Å²) < 4.78 is -0.311. The third-order valence-electron chi connectivity index (χ3n) is 7.38. The fraction of sp³-hybridized carbons (Fsp3) is 0.542. The quantitative estimate of drug-likeness (QED) is 0.515. The van der Waals surface area contributed by atoms with Crippen LogP contribution in [0.3, 0.4) is 0 Å². The van der Waals surface area contributed by atoms with Crippen molar-refractivity contribution in [2.45, 2.75) is 56.0 Å². The lowest BCUT2D eigenvalue weighted by Gasteiger charge is -2.53. The molecule has 3 amide bonds. The summed E-state index contributed by atoms with van der Waals surface area (Å²) in [7, 11) is -1.08. The molecule has 1 saturated carbocycles. The smallest absolute Gasteiger partial charge is 0.319 e. The number of rotatable bonds is 6. The van der Waals surface area contributed by atoms with Crippen LogP contribution in [0.1, 0.15) is 56.0 Å². The molecule has 1 atom stereocenters. The van der Waals surface area contributed by atoms with Gasteiger partial charge >= 0.3 is 6.03 Å². The number of H-pyrrole nitrogens is 1. The van der Waals surface area contributed by atoms with Gasteiger partial charge in [0.25, 0.3) is 0 Å². The average Bonchev–Trinajstić information content (AvgIpc) is 3.23. The Hall–Kier alpha value is -2.52. The predicted molar refractivity (Wildman–Crippen MR) is 133 cm³/mol. The van der Waals surface area contributed by atoms with Crippen molar-refractivity contribution in [2.24, 2.45) is 0 Å². The molecule has 1 aliphatic heterocycles. The summed E-state index contributed by atoms with van der Waals surface area (Å²) in [5.41, 5.74) is 1.85. The number of nitrogens with zero attached hydrogens (tertiary/aromatic N) is 2. The van der Waals surface area contributed by atoms with Crippen molar-refractivity contribution in [1.82, 2.24) is 20.4 Å². The summed E-state index contributed by atoms with van der Waals surface area (Å²) in [5, 5.41) is 23.4. The highest BCUT2D eigenvalue weighted by molar-refractivity contribution is 8.33. The van der Waals surface area contributed by atoms with Crippen molar-refractivity contribution in [3.8, 4) is 0 Å². The molecule has 9 heteroatoms. The highest BCUT2D eigenvalue weighted by Crippen LogP contribution is 2.60. The van der Waals surface area contributed by atoms with E-state index in [1.54, 1.807) is 4.90 Å². The fourth-order valence-electron chi connectivity index (χ4n) is 4.93. The van der Waals surface area contributed by atoms with Gasteiger partial charge in [-0.1, -0.05) is 30.3 Å². The van der Waals surface area contributed by atoms with Crippen LogP contribution in [-0.4, -0.2) is 62.3 Å². The van der Waals surface area contributed by atoms with E-state index < -0.39 is 21.6 Å². The van der Waals surface area contributed by atoms with Gasteiger partial charge in [0.2, 0.25) is 5.91 Å². The number of carbonyl (C=O) groups excluding carboxylic acids is 2. The molecule has 1 fully saturated rings. The molecule has 1 aliphatic carbocycles. The maximum atomic E-state index is 13.3. The van der Waals surface area contributed by atoms with E-state index in [-0.39, 0.29) is 23.3 Å². The third-order valence-corrected chi connectivity index (χ3v) is 10.3. The van der Waals surface area contributed by atoms with Crippen molar-refractivity contribution in [3.05, 3.63) is 47.2 Å². The molecule has 8 nitrogen and oxygen atoms in total. The van der Waals surface area contributed by atoms with Crippen LogP contribution in [0.2, 0.25) is 0 Å². The molecule has 1 aromatic heterocycles. The summed E-state index contributed by atoms with van der Waals surface area (Å²) >= 11 is 0. The molecule has 0 radical (unpaired) electrons. The molecule has 4 N–H and O–H groups in total. The second-order valence-electron chi connectivity index (χ2n) is 10.3. The zero-order chi connectivity index (χ0) is 24.0. The normalized spacial score (nSPS) is 19.9. The molecule has 0 spiro atoms. The van der Waals surface area contributed by atoms with Crippen LogP contribution in [0.4, 0.5) is 10.6 Å². The molecular formula is C24H35N5O3S. The Bertz CT molecular complexity index is 1040. The summed E-state index contributed by atoms with van der Waals surface area (Å²) in [4.78, 5) is 28.3. The van der Waals surface area contributed by atoms with Gasteiger partial charge in [-0.3, -0.25) is 9.89 Å². The highest BCUT2D eigenvalue weighted by atomic mass is 32.3. The summed E-state index contributed by atoms with van der Waals surface area (Å²) in [6, 6.07) is 8.63. The van der Waals surface area contributed by atoms with E-state index in [2.05, 4.69) is 39.6 Å². The van der Waals surface area contributed by atoms with Crippen molar-refractivity contribution in [3.63, 3.8) is 0 Å². The number of aromatic nitrogens is 2. The molecule has 0 saturated heterocycles. The molecule has 2 aromatic rings. The second kappa shape index (κ2) is 8.36. The minimum Gasteiger partial charge on any atom is -0.394 e. The summed E-state index contributed by atoms with van der Waals surface area (Å²) in [6.07, 6.45) is 9.48. The van der Waals surface area contributed by atoms with Gasteiger partial charge in [0.1, 0.15) is 0 Å². The molecule has 1 aromatic carbocycles. The van der Waals surface area contributed by atoms with E-state index in [1.165, 1.54) is 0 Å². The Labute approximate surface area is 196 Å². The van der Waals surface area contributed by atoms with Crippen LogP contribution in [0.15, 0.2) is 30.3 Å². The molecule has 2 aliphatic rings. The van der Waals surface area contributed by atoms with E-state index >= 15 is 0 Å². The van der Waals surface area contributed by atoms with Gasteiger partial charge in [-0.25, -0.2) is 14.8 Å². The zero-order valence-corrected chi connectivity index (χ0v) is 20.9. The van der Waals surface area contributed by atoms with Crippen LogP contribution in [0.25, 0.3) is 0 Å². The van der Waals surface area contributed by atoms with Crippen LogP contribution in [-0.2, 0) is 16.9 Å². The number of hydrogen-bond acceptors (Lipinski definition) is 4. The van der Waals surface area contributed by atoms with E-state index in [9.17, 15) is 14.7 Å². The summed E-state index contributed by atoms with van der Waals surface area (Å²) in [5.74, 6) is 0.547. The number of aromatic amines is 1. The number of hydrogen-bond donors (Lipinski definition) is 4. The number of fused-ring (bicyclic) bond motifs is 1. The first-order chi connectivity index (χ1) is 15.5. The number of aliphatic hydroxyl groups excluding tert-OH is 1. The molecule has 0 unspecified atom stereocenters. The lowest BCUT2D eigenvalue weighted by Crippen LogP contribution is -2.51. The maximum absolute atomic E-state index is 13.3. The molecule has 180 valence electrons. The largest absolute Gasteiger partial charge is 0.394 e. The SMILES string of the molecule is CC1(C)c2[nH]nc(NC(=O)C3(S(C)(C)C)CCC3)c2CN1C(=O)N[C@H](CO)c1ccccc1. The number of nitrogens with one attached hydrogen (secondary N) is 3. The van der Waals surface area contributed by atoms with Crippen LogP contribution in [0, 0.1) is 0 Å². The second-order valence-corrected chi connectivity index (χ2v) is 14.8. The van der Waals surface area contributed by atoms with Gasteiger partial charge in [0.05, 0.1) is 35.2 Å². The Morgan fingerprint density at radius 3 is 2.42 bits per heavy atom. The number of anilines is 1. The third kappa shape index (κ3) is 3.91. The van der Waals surface area contributed by atoms with Crippen molar-refractivity contribution < 1.29 is 14.7 Å². The Morgan fingerprint density at radius 2 is 1.88 bits per heavy atom. The van der Waals surface area contributed by atoms with E-state index in [0.717, 1.165) is 36.1 Å². The summed E-state index contributed by atoms with van der Waals surface area (Å²) in [6.45, 7) is 4.02. The average molecular weight is 474 g/mol. The first-order valence-electron chi connectivity index (χ1n) is 11.3. The van der Waals surface area contributed by atoms with Gasteiger partial charge in [0.15, 0.2) is 5.82 Å². The zero-order valence-electron chi connectivity index (χ0n) is 20.1. The molecule has 2 heterocycles. The van der Waals surface area contributed by atoms with Crippen LogP contribution in [0.5, 0.6) is 0 Å². The highest BCUT2D eigenvalue weighted by Gasteiger charge is 2.51. The van der Waals surface area contributed by atoms with Crippen LogP contribution >= 0.6 is 10.0 Å². The molecule has 33 heavy (non-hydrogen) atoms. The molecule has 4 rings (SSSR count). The van der Waals surface area contributed by atoms with E-state index in [4.69, 9.17) is 0 Å². The van der Waals surface area contributed by atoms with E-state index in [1.807, 2.05) is 44.2 Å². The Balaban J connectivity index is 1.52. The van der Waals surface area contributed by atoms with Crippen molar-refractivity contribution >= 4 is 27.8 Å². The molecule has 0 bridgehead atoms. The monoisotopic (exact) mass is 473 g/mol.